The van der Waals surface area contributed by atoms with Gasteiger partial charge in [0.2, 0.25) is 5.95 Å². The number of anilines is 3. The number of methoxy groups -OCH3 is 1. The van der Waals surface area contributed by atoms with Gasteiger partial charge in [-0.05, 0) is 36.2 Å². The van der Waals surface area contributed by atoms with E-state index in [2.05, 4.69) is 20.6 Å². The van der Waals surface area contributed by atoms with Crippen molar-refractivity contribution in [3.8, 4) is 17.0 Å². The van der Waals surface area contributed by atoms with E-state index in [1.807, 2.05) is 79.9 Å². The molecule has 2 aromatic heterocycles. The minimum atomic E-state index is 0.536. The van der Waals surface area contributed by atoms with Crippen LogP contribution in [0, 0.1) is 6.92 Å². The topological polar surface area (TPSA) is 72.0 Å². The fraction of sp³-hybridized carbons (Fsp3) is 0.125. The normalized spacial score (nSPS) is 10.5. The smallest absolute Gasteiger partial charge is 0.225 e. The molecule has 4 aromatic rings. The van der Waals surface area contributed by atoms with Gasteiger partial charge in [-0.25, -0.2) is 4.98 Å². The highest BCUT2D eigenvalue weighted by molar-refractivity contribution is 5.70. The van der Waals surface area contributed by atoms with Crippen LogP contribution < -0.4 is 15.4 Å². The fourth-order valence-corrected chi connectivity index (χ4v) is 3.09. The van der Waals surface area contributed by atoms with Crippen LogP contribution in [0.2, 0.25) is 0 Å². The molecule has 0 atom stereocenters. The second-order valence-electron chi connectivity index (χ2n) is 6.87. The SMILES string of the molecule is COc1ccc(C)cc1Nc1cc(-c2ccccc2)nc(NCc2cccnc2)n1. The van der Waals surface area contributed by atoms with E-state index >= 15 is 0 Å². The van der Waals surface area contributed by atoms with Crippen molar-refractivity contribution in [3.05, 3.63) is 90.3 Å². The third-order valence-corrected chi connectivity index (χ3v) is 4.59. The van der Waals surface area contributed by atoms with Crippen molar-refractivity contribution in [2.75, 3.05) is 17.7 Å². The Morgan fingerprint density at radius 1 is 0.933 bits per heavy atom. The molecule has 0 fully saturated rings. The minimum absolute atomic E-state index is 0.536. The monoisotopic (exact) mass is 397 g/mol. The van der Waals surface area contributed by atoms with Crippen LogP contribution in [0.4, 0.5) is 17.5 Å². The van der Waals surface area contributed by atoms with E-state index in [4.69, 9.17) is 9.72 Å². The summed E-state index contributed by atoms with van der Waals surface area (Å²) in [5, 5.41) is 6.69. The average Bonchev–Trinajstić information content (AvgIpc) is 2.79. The number of hydrogen-bond donors (Lipinski definition) is 2. The molecule has 0 radical (unpaired) electrons. The molecule has 0 bridgehead atoms. The molecule has 0 saturated carbocycles. The molecule has 6 heteroatoms. The maximum atomic E-state index is 5.49. The largest absolute Gasteiger partial charge is 0.495 e. The lowest BCUT2D eigenvalue weighted by Gasteiger charge is -2.14. The van der Waals surface area contributed by atoms with Crippen LogP contribution in [0.1, 0.15) is 11.1 Å². The molecule has 0 saturated heterocycles. The molecule has 2 aromatic carbocycles. The Balaban J connectivity index is 1.67. The molecular weight excluding hydrogens is 374 g/mol. The first-order chi connectivity index (χ1) is 14.7. The Morgan fingerprint density at radius 3 is 2.57 bits per heavy atom. The zero-order chi connectivity index (χ0) is 20.8. The summed E-state index contributed by atoms with van der Waals surface area (Å²) in [6, 6.07) is 21.9. The second kappa shape index (κ2) is 9.05. The summed E-state index contributed by atoms with van der Waals surface area (Å²) in [6.45, 7) is 2.63. The molecule has 0 unspecified atom stereocenters. The quantitative estimate of drug-likeness (QED) is 0.446. The average molecular weight is 397 g/mol. The molecule has 0 aliphatic rings. The molecule has 6 nitrogen and oxygen atoms in total. The van der Waals surface area contributed by atoms with Gasteiger partial charge in [-0.2, -0.15) is 4.98 Å². The third-order valence-electron chi connectivity index (χ3n) is 4.59. The maximum absolute atomic E-state index is 5.49. The number of nitrogens with one attached hydrogen (secondary N) is 2. The number of benzene rings is 2. The molecule has 0 aliphatic carbocycles. The third kappa shape index (κ3) is 4.72. The second-order valence-corrected chi connectivity index (χ2v) is 6.87. The minimum Gasteiger partial charge on any atom is -0.495 e. The van der Waals surface area contributed by atoms with Gasteiger partial charge in [-0.1, -0.05) is 42.5 Å². The van der Waals surface area contributed by atoms with Crippen molar-refractivity contribution in [1.29, 1.82) is 0 Å². The molecule has 4 rings (SSSR count). The standard InChI is InChI=1S/C24H23N5O/c1-17-10-11-22(30-2)21(13-17)27-23-14-20(19-8-4-3-5-9-19)28-24(29-23)26-16-18-7-6-12-25-15-18/h3-15H,16H2,1-2H3,(H2,26,27,28,29). The highest BCUT2D eigenvalue weighted by Gasteiger charge is 2.10. The van der Waals surface area contributed by atoms with E-state index in [0.717, 1.165) is 33.8 Å². The van der Waals surface area contributed by atoms with Crippen LogP contribution in [-0.4, -0.2) is 22.1 Å². The highest BCUT2D eigenvalue weighted by atomic mass is 16.5. The lowest BCUT2D eigenvalue weighted by Crippen LogP contribution is -2.07. The number of rotatable bonds is 7. The van der Waals surface area contributed by atoms with Crippen LogP contribution in [-0.2, 0) is 6.54 Å². The Bertz CT molecular complexity index is 1120. The summed E-state index contributed by atoms with van der Waals surface area (Å²) < 4.78 is 5.49. The van der Waals surface area contributed by atoms with Gasteiger partial charge in [-0.15, -0.1) is 0 Å². The first kappa shape index (κ1) is 19.4. The number of aromatic nitrogens is 3. The van der Waals surface area contributed by atoms with Crippen molar-refractivity contribution < 1.29 is 4.74 Å². The fourth-order valence-electron chi connectivity index (χ4n) is 3.09. The molecule has 0 spiro atoms. The predicted molar refractivity (Wildman–Crippen MR) is 120 cm³/mol. The van der Waals surface area contributed by atoms with E-state index < -0.39 is 0 Å². The van der Waals surface area contributed by atoms with Crippen LogP contribution >= 0.6 is 0 Å². The molecule has 0 amide bonds. The number of pyridine rings is 1. The summed E-state index contributed by atoms with van der Waals surface area (Å²) in [4.78, 5) is 13.5. The number of ether oxygens (including phenoxy) is 1. The summed E-state index contributed by atoms with van der Waals surface area (Å²) in [5.74, 6) is 1.97. The van der Waals surface area contributed by atoms with Crippen LogP contribution in [0.3, 0.4) is 0 Å². The summed E-state index contributed by atoms with van der Waals surface area (Å²) in [7, 11) is 1.66. The zero-order valence-electron chi connectivity index (χ0n) is 17.0. The van der Waals surface area contributed by atoms with E-state index in [9.17, 15) is 0 Å². The molecule has 150 valence electrons. The Labute approximate surface area is 176 Å². The van der Waals surface area contributed by atoms with Crippen molar-refractivity contribution >= 4 is 17.5 Å². The first-order valence-electron chi connectivity index (χ1n) is 9.70. The predicted octanol–water partition coefficient (Wildman–Crippen LogP) is 5.21. The molecule has 30 heavy (non-hydrogen) atoms. The molecule has 2 heterocycles. The first-order valence-corrected chi connectivity index (χ1v) is 9.70. The number of hydrogen-bond acceptors (Lipinski definition) is 6. The van der Waals surface area contributed by atoms with Gasteiger partial charge >= 0.3 is 0 Å². The van der Waals surface area contributed by atoms with Crippen LogP contribution in [0.5, 0.6) is 5.75 Å². The lowest BCUT2D eigenvalue weighted by atomic mass is 10.1. The molecule has 2 N–H and O–H groups in total. The van der Waals surface area contributed by atoms with Crippen LogP contribution in [0.15, 0.2) is 79.1 Å². The van der Waals surface area contributed by atoms with Crippen molar-refractivity contribution in [3.63, 3.8) is 0 Å². The van der Waals surface area contributed by atoms with Gasteiger partial charge in [-0.3, -0.25) is 4.98 Å². The van der Waals surface area contributed by atoms with Gasteiger partial charge in [0.15, 0.2) is 0 Å². The summed E-state index contributed by atoms with van der Waals surface area (Å²) in [6.07, 6.45) is 3.58. The Morgan fingerprint density at radius 2 is 1.80 bits per heavy atom. The van der Waals surface area contributed by atoms with Gasteiger partial charge < -0.3 is 15.4 Å². The van der Waals surface area contributed by atoms with E-state index in [1.54, 1.807) is 13.3 Å². The van der Waals surface area contributed by atoms with Gasteiger partial charge in [0.25, 0.3) is 0 Å². The summed E-state index contributed by atoms with van der Waals surface area (Å²) in [5.41, 5.74) is 4.89. The molecular formula is C24H23N5O. The van der Waals surface area contributed by atoms with Gasteiger partial charge in [0, 0.05) is 30.6 Å². The number of aryl methyl sites for hydroxylation is 1. The maximum Gasteiger partial charge on any atom is 0.225 e. The zero-order valence-corrected chi connectivity index (χ0v) is 17.0. The van der Waals surface area contributed by atoms with Gasteiger partial charge in [0.05, 0.1) is 18.5 Å². The highest BCUT2D eigenvalue weighted by Crippen LogP contribution is 2.30. The van der Waals surface area contributed by atoms with E-state index in [-0.39, 0.29) is 0 Å². The Hall–Kier alpha value is -3.93. The lowest BCUT2D eigenvalue weighted by molar-refractivity contribution is 0.416. The summed E-state index contributed by atoms with van der Waals surface area (Å²) >= 11 is 0. The van der Waals surface area contributed by atoms with E-state index in [0.29, 0.717) is 18.3 Å². The molecule has 0 aliphatic heterocycles. The Kier molecular flexibility index (Phi) is 5.85. The van der Waals surface area contributed by atoms with Crippen molar-refractivity contribution in [2.24, 2.45) is 0 Å². The van der Waals surface area contributed by atoms with Crippen molar-refractivity contribution in [1.82, 2.24) is 15.0 Å². The van der Waals surface area contributed by atoms with E-state index in [1.165, 1.54) is 0 Å². The van der Waals surface area contributed by atoms with Crippen molar-refractivity contribution in [2.45, 2.75) is 13.5 Å². The van der Waals surface area contributed by atoms with Crippen LogP contribution in [0.25, 0.3) is 11.3 Å². The van der Waals surface area contributed by atoms with Gasteiger partial charge in [0.1, 0.15) is 11.6 Å². The number of nitrogens with zero attached hydrogens (tertiary/aromatic N) is 3.